The molecule has 0 saturated heterocycles. The summed E-state index contributed by atoms with van der Waals surface area (Å²) in [5, 5.41) is 5.68. The Bertz CT molecular complexity index is 2230. The van der Waals surface area contributed by atoms with E-state index in [1.165, 1.54) is 10.1 Å². The molecule has 0 bridgehead atoms. The van der Waals surface area contributed by atoms with E-state index in [1.807, 2.05) is 59.1 Å². The summed E-state index contributed by atoms with van der Waals surface area (Å²) in [6.07, 6.45) is 8.76. The van der Waals surface area contributed by atoms with Gasteiger partial charge in [0.25, 0.3) is 0 Å². The van der Waals surface area contributed by atoms with Gasteiger partial charge in [0.15, 0.2) is 12.2 Å². The van der Waals surface area contributed by atoms with E-state index in [2.05, 4.69) is 100 Å². The van der Waals surface area contributed by atoms with E-state index in [-0.39, 0.29) is 10.8 Å². The molecule has 6 aromatic rings. The van der Waals surface area contributed by atoms with E-state index in [4.69, 9.17) is 13.8 Å². The van der Waals surface area contributed by atoms with Crippen molar-refractivity contribution in [2.24, 2.45) is 6.98 Å². The number of aryl methyl sites for hydroxylation is 1. The van der Waals surface area contributed by atoms with Gasteiger partial charge in [-0.3, -0.25) is 4.57 Å². The molecule has 1 aliphatic rings. The van der Waals surface area contributed by atoms with Crippen molar-refractivity contribution in [3.63, 3.8) is 0 Å². The smallest absolute Gasteiger partial charge is 0.442 e. The first-order chi connectivity index (χ1) is 22.2. The van der Waals surface area contributed by atoms with Crippen LogP contribution < -0.4 is 14.5 Å². The van der Waals surface area contributed by atoms with Crippen molar-refractivity contribution in [1.29, 1.82) is 0 Å². The average molecular weight is 583 g/mol. The maximum Gasteiger partial charge on any atom is 0.504 e. The quantitative estimate of drug-likeness (QED) is 0.135. The lowest BCUT2D eigenvalue weighted by atomic mass is 9.74. The van der Waals surface area contributed by atoms with Crippen molar-refractivity contribution < 1.29 is 13.4 Å². The maximum atomic E-state index is 8.20. The molecule has 3 aromatic carbocycles. The fourth-order valence-electron chi connectivity index (χ4n) is 5.90. The molecular formula is C37H38BN5O. The third kappa shape index (κ3) is 4.86. The lowest BCUT2D eigenvalue weighted by molar-refractivity contribution is -0.649. The van der Waals surface area contributed by atoms with Gasteiger partial charge in [-0.2, -0.15) is 0 Å². The molecular weight excluding hydrogens is 541 g/mol. The molecule has 1 N–H and O–H groups in total. The van der Waals surface area contributed by atoms with E-state index >= 15 is 0 Å². The Hall–Kier alpha value is -4.78. The Labute approximate surface area is 263 Å². The van der Waals surface area contributed by atoms with Crippen LogP contribution in [0.5, 0.6) is 5.75 Å². The number of fused-ring (bicyclic) bond motifs is 4. The Balaban J connectivity index is 1.25. The number of aromatic nitrogens is 4. The molecule has 3 aromatic heterocycles. The first-order valence-electron chi connectivity index (χ1n) is 16.5. The number of benzene rings is 3. The van der Waals surface area contributed by atoms with E-state index in [0.717, 1.165) is 38.7 Å². The van der Waals surface area contributed by atoms with Gasteiger partial charge in [0.05, 0.1) is 22.1 Å². The largest absolute Gasteiger partial charge is 0.504 e. The van der Waals surface area contributed by atoms with Crippen LogP contribution in [0, 0.1) is 6.33 Å². The molecule has 0 spiro atoms. The van der Waals surface area contributed by atoms with Crippen molar-refractivity contribution in [3.8, 4) is 11.6 Å². The Morgan fingerprint density at radius 3 is 2.43 bits per heavy atom. The van der Waals surface area contributed by atoms with Gasteiger partial charge in [0, 0.05) is 34.1 Å². The van der Waals surface area contributed by atoms with Crippen LogP contribution in [0.25, 0.3) is 38.7 Å². The summed E-state index contributed by atoms with van der Waals surface area (Å²) in [5.74, 6) is 4.01. The number of nitrogens with zero attached hydrogens (tertiary/aromatic N) is 4. The molecule has 6 nitrogen and oxygen atoms in total. The normalized spacial score (nSPS) is 15.3. The minimum absolute atomic E-state index is 0.0198. The van der Waals surface area contributed by atoms with Crippen LogP contribution in [-0.4, -0.2) is 21.0 Å². The SMILES string of the molecule is [2H]C([2H])([2H])[n+]1[c-]n(B2C=CC=C(Oc3ccc4c5ccccc5n(-c5cc(C(C)(C)C)ccn5)c4c3)N2)c2ccc(C(C)(C)C)cc21. The lowest BCUT2D eigenvalue weighted by Crippen LogP contribution is -2.42. The van der Waals surface area contributed by atoms with Gasteiger partial charge < -0.3 is 19.0 Å². The summed E-state index contributed by atoms with van der Waals surface area (Å²) in [5.41, 5.74) is 5.53. The van der Waals surface area contributed by atoms with Crippen LogP contribution in [-0.2, 0) is 17.8 Å². The number of rotatable bonds is 4. The second-order valence-corrected chi connectivity index (χ2v) is 13.6. The van der Waals surface area contributed by atoms with Gasteiger partial charge in [-0.1, -0.05) is 89.6 Å². The molecule has 0 amide bonds. The average Bonchev–Trinajstić information content (AvgIpc) is 3.56. The fourth-order valence-corrected chi connectivity index (χ4v) is 5.90. The number of imidazole rings is 1. The first kappa shape index (κ1) is 24.6. The zero-order valence-corrected chi connectivity index (χ0v) is 26.0. The molecule has 7 rings (SSSR count). The summed E-state index contributed by atoms with van der Waals surface area (Å²) < 4.78 is 36.3. The lowest BCUT2D eigenvalue weighted by Gasteiger charge is -2.21. The number of allylic oxidation sites excluding steroid dienone is 2. The van der Waals surface area contributed by atoms with Gasteiger partial charge in [-0.25, -0.2) is 4.98 Å². The molecule has 1 aliphatic heterocycles. The summed E-state index contributed by atoms with van der Waals surface area (Å²) >= 11 is 0. The number of para-hydroxylation sites is 1. The number of ether oxygens (including phenoxy) is 1. The molecule has 0 aliphatic carbocycles. The van der Waals surface area contributed by atoms with Crippen molar-refractivity contribution >= 4 is 39.8 Å². The first-order valence-corrected chi connectivity index (χ1v) is 15.0. The van der Waals surface area contributed by atoms with Crippen molar-refractivity contribution in [2.75, 3.05) is 0 Å². The molecule has 0 radical (unpaired) electrons. The number of nitrogens with one attached hydrogen (secondary N) is 1. The standard InChI is InChI=1S/C37H38BN5O/c1-36(2,3)25-14-17-31-33(21-25)41(7)24-42(31)38-19-10-13-35(40-38)44-27-15-16-29-28-11-8-9-12-30(28)43(32(29)23-27)34-22-26(18-20-39-34)37(4,5)6/h8-23,40H,1-7H3/i7D3. The highest BCUT2D eigenvalue weighted by atomic mass is 16.5. The van der Waals surface area contributed by atoms with E-state index in [0.29, 0.717) is 17.1 Å². The third-order valence-electron chi connectivity index (χ3n) is 8.37. The second-order valence-electron chi connectivity index (χ2n) is 13.6. The Kier molecular flexibility index (Phi) is 5.69. The van der Waals surface area contributed by atoms with Crippen molar-refractivity contribution in [3.05, 3.63) is 120 Å². The van der Waals surface area contributed by atoms with Gasteiger partial charge in [0.2, 0.25) is 0 Å². The van der Waals surface area contributed by atoms with Crippen LogP contribution in [0.3, 0.4) is 0 Å². The zero-order chi connectivity index (χ0) is 33.3. The topological polar surface area (TPSA) is 47.9 Å². The molecule has 7 heteroatoms. The maximum absolute atomic E-state index is 8.20. The van der Waals surface area contributed by atoms with Crippen LogP contribution in [0.15, 0.2) is 103 Å². The fraction of sp³-hybridized carbons (Fsp3) is 0.243. The Morgan fingerprint density at radius 1 is 0.864 bits per heavy atom. The predicted molar refractivity (Wildman–Crippen MR) is 180 cm³/mol. The molecule has 0 fully saturated rings. The van der Waals surface area contributed by atoms with Crippen LogP contribution in [0.1, 0.15) is 56.8 Å². The van der Waals surface area contributed by atoms with Crippen molar-refractivity contribution in [1.82, 2.24) is 19.3 Å². The summed E-state index contributed by atoms with van der Waals surface area (Å²) in [6.45, 7) is 10.2. The summed E-state index contributed by atoms with van der Waals surface area (Å²) in [6, 6.07) is 24.7. The molecule has 0 atom stereocenters. The molecule has 0 unspecified atom stereocenters. The van der Waals surface area contributed by atoms with E-state index < -0.39 is 14.0 Å². The van der Waals surface area contributed by atoms with Crippen LogP contribution in [0.2, 0.25) is 0 Å². The third-order valence-corrected chi connectivity index (χ3v) is 8.37. The minimum atomic E-state index is -2.39. The van der Waals surface area contributed by atoms with Crippen LogP contribution >= 0.6 is 0 Å². The monoisotopic (exact) mass is 582 g/mol. The van der Waals surface area contributed by atoms with Gasteiger partial charge in [0.1, 0.15) is 11.6 Å². The van der Waals surface area contributed by atoms with E-state index in [9.17, 15) is 0 Å². The van der Waals surface area contributed by atoms with E-state index in [1.54, 1.807) is 0 Å². The summed E-state index contributed by atoms with van der Waals surface area (Å²) in [4.78, 5) is 4.79. The van der Waals surface area contributed by atoms with Gasteiger partial charge in [-0.15, -0.1) is 0 Å². The molecule has 220 valence electrons. The number of hydrogen-bond donors (Lipinski definition) is 1. The van der Waals surface area contributed by atoms with Gasteiger partial charge >= 0.3 is 6.98 Å². The van der Waals surface area contributed by atoms with Gasteiger partial charge in [-0.05, 0) is 58.8 Å². The molecule has 4 heterocycles. The zero-order valence-electron chi connectivity index (χ0n) is 29.0. The number of pyridine rings is 1. The summed E-state index contributed by atoms with van der Waals surface area (Å²) in [7, 11) is 0. The molecule has 44 heavy (non-hydrogen) atoms. The highest BCUT2D eigenvalue weighted by Crippen LogP contribution is 2.35. The molecule has 0 saturated carbocycles. The van der Waals surface area contributed by atoms with Crippen molar-refractivity contribution in [2.45, 2.75) is 52.4 Å². The highest BCUT2D eigenvalue weighted by molar-refractivity contribution is 6.61. The van der Waals surface area contributed by atoms with Crippen LogP contribution in [0.4, 0.5) is 0 Å². The minimum Gasteiger partial charge on any atom is -0.442 e. The predicted octanol–water partition coefficient (Wildman–Crippen LogP) is 7.31. The number of hydrogen-bond acceptors (Lipinski definition) is 3. The Morgan fingerprint density at radius 2 is 1.64 bits per heavy atom. The second kappa shape index (κ2) is 10.2. The highest BCUT2D eigenvalue weighted by Gasteiger charge is 2.26.